The number of likely N-dealkylation sites (N-methyl/N-ethyl adjacent to an activating group) is 2. The van der Waals surface area contributed by atoms with Crippen LogP contribution in [-0.4, -0.2) is 127 Å². The molecule has 10 heteroatoms. The third kappa shape index (κ3) is 11.6. The van der Waals surface area contributed by atoms with E-state index in [1.165, 1.54) is 5.56 Å². The number of ketones is 1. The predicted molar refractivity (Wildman–Crippen MR) is 216 cm³/mol. The van der Waals surface area contributed by atoms with Crippen LogP contribution in [0.1, 0.15) is 106 Å². The van der Waals surface area contributed by atoms with Crippen LogP contribution in [0.3, 0.4) is 0 Å². The number of ether oxygens (including phenoxy) is 2. The van der Waals surface area contributed by atoms with Crippen LogP contribution < -0.4 is 0 Å². The maximum Gasteiger partial charge on any atom is 0.226 e. The molecule has 8 atom stereocenters. The van der Waals surface area contributed by atoms with E-state index in [9.17, 15) is 19.2 Å². The number of Topliss-reactive ketones (excluding diaryl/α,β-unsaturated/α-hetero) is 1. The van der Waals surface area contributed by atoms with Gasteiger partial charge in [-0.05, 0) is 63.5 Å². The zero-order valence-electron chi connectivity index (χ0n) is 35.8. The van der Waals surface area contributed by atoms with Gasteiger partial charge >= 0.3 is 0 Å². The molecule has 0 spiro atoms. The summed E-state index contributed by atoms with van der Waals surface area (Å²) >= 11 is 0. The average molecular weight is 755 g/mol. The molecule has 1 aromatic carbocycles. The normalized spacial score (nSPS) is 21.6. The van der Waals surface area contributed by atoms with E-state index in [1.54, 1.807) is 19.1 Å². The zero-order chi connectivity index (χ0) is 40.3. The van der Waals surface area contributed by atoms with Gasteiger partial charge in [-0.15, -0.1) is 0 Å². The van der Waals surface area contributed by atoms with E-state index in [2.05, 4.69) is 58.7 Å². The number of hydrogen-bond donors (Lipinski definition) is 0. The van der Waals surface area contributed by atoms with Crippen molar-refractivity contribution in [3.63, 3.8) is 0 Å². The number of hydrogen-bond acceptors (Lipinski definition) is 7. The summed E-state index contributed by atoms with van der Waals surface area (Å²) in [4.78, 5) is 64.0. The Kier molecular flexibility index (Phi) is 17.6. The highest BCUT2D eigenvalue weighted by molar-refractivity contribution is 5.87. The number of nitrogens with zero attached hydrogens (tertiary/aromatic N) is 4. The van der Waals surface area contributed by atoms with E-state index in [1.807, 2.05) is 55.8 Å². The number of carbonyl (C=O) groups excluding carboxylic acids is 4. The Balaban J connectivity index is 1.75. The van der Waals surface area contributed by atoms with Crippen LogP contribution in [0.15, 0.2) is 30.3 Å². The van der Waals surface area contributed by atoms with E-state index in [0.29, 0.717) is 19.5 Å². The number of benzene rings is 1. The molecule has 1 aromatic rings. The molecular weight excluding hydrogens is 681 g/mol. The summed E-state index contributed by atoms with van der Waals surface area (Å²) in [5.74, 6) is -0.587. The molecule has 2 heterocycles. The minimum absolute atomic E-state index is 0.00833. The van der Waals surface area contributed by atoms with Gasteiger partial charge in [0, 0.05) is 77.7 Å². The molecule has 0 N–H and O–H groups in total. The van der Waals surface area contributed by atoms with E-state index in [0.717, 1.165) is 45.2 Å². The highest BCUT2D eigenvalue weighted by Gasteiger charge is 2.44. The largest absolute Gasteiger partial charge is 0.379 e. The summed E-state index contributed by atoms with van der Waals surface area (Å²) in [6, 6.07) is 9.72. The van der Waals surface area contributed by atoms with Crippen LogP contribution in [0.5, 0.6) is 0 Å². The van der Waals surface area contributed by atoms with E-state index in [4.69, 9.17) is 9.47 Å². The van der Waals surface area contributed by atoms with Crippen molar-refractivity contribution >= 4 is 23.5 Å². The lowest BCUT2D eigenvalue weighted by molar-refractivity contribution is -0.151. The first-order chi connectivity index (χ1) is 25.5. The summed E-state index contributed by atoms with van der Waals surface area (Å²) in [6.07, 6.45) is 3.93. The smallest absolute Gasteiger partial charge is 0.226 e. The fourth-order valence-electron chi connectivity index (χ4n) is 9.15. The average Bonchev–Trinajstić information content (AvgIpc) is 3.62. The Bertz CT molecular complexity index is 1350. The Labute approximate surface area is 327 Å². The monoisotopic (exact) mass is 755 g/mol. The van der Waals surface area contributed by atoms with Gasteiger partial charge in [0.05, 0.1) is 30.7 Å². The van der Waals surface area contributed by atoms with Crippen molar-refractivity contribution in [2.75, 3.05) is 54.5 Å². The van der Waals surface area contributed by atoms with Gasteiger partial charge in [-0.3, -0.25) is 19.2 Å². The van der Waals surface area contributed by atoms with Crippen molar-refractivity contribution < 1.29 is 28.7 Å². The molecule has 0 bridgehead atoms. The Morgan fingerprint density at radius 3 is 2.11 bits per heavy atom. The van der Waals surface area contributed by atoms with Crippen molar-refractivity contribution in [1.29, 1.82) is 0 Å². The van der Waals surface area contributed by atoms with Crippen LogP contribution >= 0.6 is 0 Å². The SMILES string of the molecule is CC[C@@H](CC(=O)[C@H](C)[C@@H](OC)[C@@H]1CCCN1C(=O)C[C@@H](OC)[C@H]([C@@H](C)CC)N(C)C(=O)[C@@H](CC(=O)N1CCN(C)CC1(C)C)C(C)C)Cc1ccccc1. The molecular formula is C44H74N4O6. The second-order valence-electron chi connectivity index (χ2n) is 17.4. The second kappa shape index (κ2) is 20.9. The Morgan fingerprint density at radius 2 is 1.56 bits per heavy atom. The number of likely N-dealkylation sites (tertiary alicyclic amines) is 1. The van der Waals surface area contributed by atoms with Gasteiger partial charge in [0.2, 0.25) is 17.7 Å². The minimum Gasteiger partial charge on any atom is -0.379 e. The first-order valence-electron chi connectivity index (χ1n) is 20.7. The lowest BCUT2D eigenvalue weighted by Gasteiger charge is -2.47. The van der Waals surface area contributed by atoms with Crippen LogP contribution in [0.25, 0.3) is 0 Å². The molecule has 0 radical (unpaired) electrons. The van der Waals surface area contributed by atoms with Crippen molar-refractivity contribution in [2.45, 2.75) is 137 Å². The van der Waals surface area contributed by atoms with E-state index in [-0.39, 0.29) is 77.6 Å². The lowest BCUT2D eigenvalue weighted by atomic mass is 9.84. The molecule has 0 aromatic heterocycles. The maximum absolute atomic E-state index is 14.4. The van der Waals surface area contributed by atoms with Gasteiger partial charge in [-0.25, -0.2) is 0 Å². The molecule has 54 heavy (non-hydrogen) atoms. The number of amides is 3. The summed E-state index contributed by atoms with van der Waals surface area (Å²) in [7, 11) is 7.14. The van der Waals surface area contributed by atoms with Gasteiger partial charge < -0.3 is 29.1 Å². The van der Waals surface area contributed by atoms with Crippen molar-refractivity contribution in [1.82, 2.24) is 19.6 Å². The molecule has 0 saturated carbocycles. The molecule has 0 aliphatic carbocycles. The third-order valence-corrected chi connectivity index (χ3v) is 12.7. The zero-order valence-corrected chi connectivity index (χ0v) is 35.8. The quantitative estimate of drug-likeness (QED) is 0.153. The molecule has 3 rings (SSSR count). The van der Waals surface area contributed by atoms with Gasteiger partial charge in [0.25, 0.3) is 0 Å². The molecule has 10 nitrogen and oxygen atoms in total. The predicted octanol–water partition coefficient (Wildman–Crippen LogP) is 6.35. The molecule has 0 unspecified atom stereocenters. The van der Waals surface area contributed by atoms with E-state index < -0.39 is 18.1 Å². The van der Waals surface area contributed by atoms with Crippen molar-refractivity contribution in [3.05, 3.63) is 35.9 Å². The number of carbonyl (C=O) groups is 4. The van der Waals surface area contributed by atoms with Crippen LogP contribution in [0.2, 0.25) is 0 Å². The fraction of sp³-hybridized carbons (Fsp3) is 0.773. The lowest BCUT2D eigenvalue weighted by Crippen LogP contribution is -2.60. The third-order valence-electron chi connectivity index (χ3n) is 12.7. The fourth-order valence-corrected chi connectivity index (χ4v) is 9.15. The standard InChI is InChI=1S/C44H74N4O6/c1-13-31(5)41(46(10)43(52)35(30(3)4)27-40(51)48-24-23-45(9)29-44(48,7)8)38(53-11)28-39(50)47-22-18-21-36(47)42(54-12)32(6)37(49)26-33(14-2)25-34-19-16-15-17-20-34/h15-17,19-20,30-33,35-36,38,41-42H,13-14,18,21-29H2,1-12H3/t31-,32-,33+,35-,36-,38+,41-,42+/m0/s1. The van der Waals surface area contributed by atoms with Crippen LogP contribution in [0, 0.1) is 29.6 Å². The Morgan fingerprint density at radius 1 is 0.889 bits per heavy atom. The summed E-state index contributed by atoms with van der Waals surface area (Å²) in [5.41, 5.74) is 0.918. The summed E-state index contributed by atoms with van der Waals surface area (Å²) in [5, 5.41) is 0. The molecule has 306 valence electrons. The highest BCUT2D eigenvalue weighted by Crippen LogP contribution is 2.32. The molecule has 3 amide bonds. The number of methoxy groups -OCH3 is 2. The van der Waals surface area contributed by atoms with Gasteiger partial charge in [0.15, 0.2) is 0 Å². The van der Waals surface area contributed by atoms with Crippen LogP contribution in [-0.2, 0) is 35.1 Å². The summed E-state index contributed by atoms with van der Waals surface area (Å²) < 4.78 is 12.1. The number of rotatable bonds is 20. The summed E-state index contributed by atoms with van der Waals surface area (Å²) in [6.45, 7) is 19.3. The number of piperazine rings is 1. The van der Waals surface area contributed by atoms with Gasteiger partial charge in [0.1, 0.15) is 5.78 Å². The first-order valence-corrected chi connectivity index (χ1v) is 20.7. The molecule has 2 saturated heterocycles. The molecule has 2 aliphatic heterocycles. The van der Waals surface area contributed by atoms with Gasteiger partial charge in [-0.2, -0.15) is 0 Å². The Hall–Kier alpha value is -2.82. The highest BCUT2D eigenvalue weighted by atomic mass is 16.5. The minimum atomic E-state index is -0.550. The first kappa shape index (κ1) is 45.6. The van der Waals surface area contributed by atoms with E-state index >= 15 is 0 Å². The van der Waals surface area contributed by atoms with Crippen molar-refractivity contribution in [2.24, 2.45) is 29.6 Å². The van der Waals surface area contributed by atoms with Crippen LogP contribution in [0.4, 0.5) is 0 Å². The van der Waals surface area contributed by atoms with Crippen molar-refractivity contribution in [3.8, 4) is 0 Å². The molecule has 2 fully saturated rings. The molecule has 2 aliphatic rings. The topological polar surface area (TPSA) is 99.7 Å². The maximum atomic E-state index is 14.4. The second-order valence-corrected chi connectivity index (χ2v) is 17.4. The van der Waals surface area contributed by atoms with Gasteiger partial charge in [-0.1, -0.05) is 84.7 Å².